The van der Waals surface area contributed by atoms with E-state index in [-0.39, 0.29) is 11.8 Å². The number of fused-ring (bicyclic) bond motifs is 1. The summed E-state index contributed by atoms with van der Waals surface area (Å²) in [5.41, 5.74) is 1.82. The Morgan fingerprint density at radius 1 is 0.857 bits per heavy atom. The highest BCUT2D eigenvalue weighted by atomic mass is 79.9. The first-order valence-electron chi connectivity index (χ1n) is 6.53. The highest BCUT2D eigenvalue weighted by molar-refractivity contribution is 9.11. The number of hydrogen-bond acceptors (Lipinski definition) is 2. The van der Waals surface area contributed by atoms with Crippen LogP contribution in [0, 0.1) is 0 Å². The van der Waals surface area contributed by atoms with Gasteiger partial charge in [0, 0.05) is 0 Å². The summed E-state index contributed by atoms with van der Waals surface area (Å²) in [4.78, 5) is 28.1. The molecule has 1 aliphatic rings. The van der Waals surface area contributed by atoms with E-state index in [1.54, 1.807) is 35.3 Å². The van der Waals surface area contributed by atoms with Crippen LogP contribution in [0.4, 0.5) is 0 Å². The largest absolute Gasteiger partial charge is 0.269 e. The fourth-order valence-corrected chi connectivity index (χ4v) is 2.81. The molecule has 3 rings (SSSR count). The summed E-state index contributed by atoms with van der Waals surface area (Å²) in [7, 11) is 0. The normalized spacial score (nSPS) is 15.6. The standard InChI is InChI=1S/C17H12BrNO2/c18-11-10-15(12-6-2-1-3-7-12)19-16(20)13-8-4-5-9-14(13)17(19)21/h1-11,15H. The highest BCUT2D eigenvalue weighted by Gasteiger charge is 2.39. The van der Waals surface area contributed by atoms with Crippen LogP contribution < -0.4 is 0 Å². The number of amides is 2. The summed E-state index contributed by atoms with van der Waals surface area (Å²) in [5, 5.41) is 0. The quantitative estimate of drug-likeness (QED) is 0.793. The maximum atomic E-state index is 12.6. The molecule has 0 bridgehead atoms. The van der Waals surface area contributed by atoms with E-state index in [0.29, 0.717) is 11.1 Å². The zero-order valence-electron chi connectivity index (χ0n) is 11.1. The topological polar surface area (TPSA) is 37.4 Å². The van der Waals surface area contributed by atoms with E-state index in [1.165, 1.54) is 4.90 Å². The second-order valence-electron chi connectivity index (χ2n) is 4.70. The third-order valence-corrected chi connectivity index (χ3v) is 3.81. The Hall–Kier alpha value is -2.20. The van der Waals surface area contributed by atoms with Crippen LogP contribution in [-0.2, 0) is 0 Å². The Balaban J connectivity index is 2.07. The van der Waals surface area contributed by atoms with Crippen LogP contribution in [0.25, 0.3) is 0 Å². The number of carbonyl (C=O) groups is 2. The smallest absolute Gasteiger partial charge is 0.262 e. The second-order valence-corrected chi connectivity index (χ2v) is 5.23. The highest BCUT2D eigenvalue weighted by Crippen LogP contribution is 2.32. The van der Waals surface area contributed by atoms with Crippen LogP contribution in [0.2, 0.25) is 0 Å². The Bertz CT molecular complexity index is 690. The zero-order valence-corrected chi connectivity index (χ0v) is 12.7. The minimum Gasteiger partial charge on any atom is -0.269 e. The van der Waals surface area contributed by atoms with Gasteiger partial charge >= 0.3 is 0 Å². The van der Waals surface area contributed by atoms with Gasteiger partial charge in [0.25, 0.3) is 11.8 Å². The number of rotatable bonds is 3. The van der Waals surface area contributed by atoms with Gasteiger partial charge in [-0.3, -0.25) is 14.5 Å². The fourth-order valence-electron chi connectivity index (χ4n) is 2.53. The first kappa shape index (κ1) is 13.8. The Morgan fingerprint density at radius 2 is 1.38 bits per heavy atom. The number of hydrogen-bond donors (Lipinski definition) is 0. The molecule has 3 nitrogen and oxygen atoms in total. The molecule has 4 heteroatoms. The molecule has 1 aliphatic heterocycles. The summed E-state index contributed by atoms with van der Waals surface area (Å²) >= 11 is 3.24. The Labute approximate surface area is 131 Å². The molecular formula is C17H12BrNO2. The van der Waals surface area contributed by atoms with Crippen molar-refractivity contribution in [1.82, 2.24) is 4.90 Å². The molecule has 0 saturated carbocycles. The maximum absolute atomic E-state index is 12.6. The van der Waals surface area contributed by atoms with Crippen molar-refractivity contribution in [3.8, 4) is 0 Å². The first-order valence-corrected chi connectivity index (χ1v) is 7.44. The zero-order chi connectivity index (χ0) is 14.8. The van der Waals surface area contributed by atoms with Gasteiger partial charge in [-0.1, -0.05) is 64.5 Å². The van der Waals surface area contributed by atoms with Crippen LogP contribution >= 0.6 is 15.9 Å². The number of nitrogens with zero attached hydrogens (tertiary/aromatic N) is 1. The van der Waals surface area contributed by atoms with E-state index in [4.69, 9.17) is 0 Å². The molecule has 2 aromatic carbocycles. The molecule has 0 fully saturated rings. The average Bonchev–Trinajstić information content (AvgIpc) is 2.78. The fraction of sp³-hybridized carbons (Fsp3) is 0.0588. The monoisotopic (exact) mass is 341 g/mol. The number of benzene rings is 2. The molecule has 104 valence electrons. The van der Waals surface area contributed by atoms with E-state index in [9.17, 15) is 9.59 Å². The number of halogens is 1. The van der Waals surface area contributed by atoms with Gasteiger partial charge in [-0.25, -0.2) is 0 Å². The van der Waals surface area contributed by atoms with Crippen molar-refractivity contribution < 1.29 is 9.59 Å². The molecule has 2 aromatic rings. The van der Waals surface area contributed by atoms with Gasteiger partial charge in [0.15, 0.2) is 0 Å². The van der Waals surface area contributed by atoms with Crippen LogP contribution in [0.15, 0.2) is 65.7 Å². The van der Waals surface area contributed by atoms with Gasteiger partial charge in [-0.15, -0.1) is 0 Å². The molecule has 21 heavy (non-hydrogen) atoms. The van der Waals surface area contributed by atoms with Gasteiger partial charge in [-0.05, 0) is 22.7 Å². The number of imide groups is 1. The minimum absolute atomic E-state index is 0.255. The molecular weight excluding hydrogens is 330 g/mol. The third kappa shape index (κ3) is 2.32. The lowest BCUT2D eigenvalue weighted by Gasteiger charge is -2.23. The second kappa shape index (κ2) is 5.66. The number of carbonyl (C=O) groups excluding carboxylic acids is 2. The third-order valence-electron chi connectivity index (χ3n) is 3.50. The molecule has 0 aliphatic carbocycles. The van der Waals surface area contributed by atoms with E-state index < -0.39 is 6.04 Å². The summed E-state index contributed by atoms with van der Waals surface area (Å²) in [6, 6.07) is 16.0. The molecule has 0 spiro atoms. The summed E-state index contributed by atoms with van der Waals surface area (Å²) < 4.78 is 0. The van der Waals surface area contributed by atoms with Crippen molar-refractivity contribution in [1.29, 1.82) is 0 Å². The van der Waals surface area contributed by atoms with Crippen molar-refractivity contribution in [3.05, 3.63) is 82.3 Å². The summed E-state index contributed by atoms with van der Waals surface area (Å²) in [6.45, 7) is 0. The van der Waals surface area contributed by atoms with E-state index in [1.807, 2.05) is 30.3 Å². The lowest BCUT2D eigenvalue weighted by Crippen LogP contribution is -2.33. The van der Waals surface area contributed by atoms with E-state index >= 15 is 0 Å². The van der Waals surface area contributed by atoms with Crippen LogP contribution in [0.5, 0.6) is 0 Å². The predicted octanol–water partition coefficient (Wildman–Crippen LogP) is 3.93. The van der Waals surface area contributed by atoms with Crippen LogP contribution in [0.1, 0.15) is 32.3 Å². The van der Waals surface area contributed by atoms with E-state index in [0.717, 1.165) is 5.56 Å². The van der Waals surface area contributed by atoms with Gasteiger partial charge in [-0.2, -0.15) is 0 Å². The van der Waals surface area contributed by atoms with Gasteiger partial charge in [0.2, 0.25) is 0 Å². The van der Waals surface area contributed by atoms with E-state index in [2.05, 4.69) is 15.9 Å². The molecule has 0 aromatic heterocycles. The Morgan fingerprint density at radius 3 is 1.90 bits per heavy atom. The first-order chi connectivity index (χ1) is 10.2. The lowest BCUT2D eigenvalue weighted by atomic mass is 10.1. The van der Waals surface area contributed by atoms with Crippen LogP contribution in [0.3, 0.4) is 0 Å². The van der Waals surface area contributed by atoms with Gasteiger partial charge in [0.1, 0.15) is 0 Å². The molecule has 0 saturated heterocycles. The molecule has 1 atom stereocenters. The van der Waals surface area contributed by atoms with Crippen molar-refractivity contribution >= 4 is 27.7 Å². The molecule has 0 radical (unpaired) electrons. The summed E-state index contributed by atoms with van der Waals surface area (Å²) in [6.07, 6.45) is 1.79. The maximum Gasteiger partial charge on any atom is 0.262 e. The van der Waals surface area contributed by atoms with Crippen LogP contribution in [-0.4, -0.2) is 16.7 Å². The van der Waals surface area contributed by atoms with Gasteiger partial charge in [0.05, 0.1) is 17.2 Å². The summed E-state index contributed by atoms with van der Waals surface area (Å²) in [5.74, 6) is -0.509. The van der Waals surface area contributed by atoms with Crippen molar-refractivity contribution in [2.24, 2.45) is 0 Å². The lowest BCUT2D eigenvalue weighted by molar-refractivity contribution is 0.0613. The minimum atomic E-state index is -0.419. The average molecular weight is 342 g/mol. The molecule has 2 amide bonds. The van der Waals surface area contributed by atoms with Crippen molar-refractivity contribution in [2.75, 3.05) is 0 Å². The molecule has 1 unspecified atom stereocenters. The van der Waals surface area contributed by atoms with Crippen molar-refractivity contribution in [3.63, 3.8) is 0 Å². The predicted molar refractivity (Wildman–Crippen MR) is 84.2 cm³/mol. The molecule has 0 N–H and O–H groups in total. The Kier molecular flexibility index (Phi) is 3.71. The molecule has 1 heterocycles. The van der Waals surface area contributed by atoms with Gasteiger partial charge < -0.3 is 0 Å². The van der Waals surface area contributed by atoms with Crippen molar-refractivity contribution in [2.45, 2.75) is 6.04 Å². The SMILES string of the molecule is O=C1c2ccccc2C(=O)N1C(C=CBr)c1ccccc1.